The van der Waals surface area contributed by atoms with Gasteiger partial charge in [-0.15, -0.1) is 0 Å². The van der Waals surface area contributed by atoms with Gasteiger partial charge in [0.2, 0.25) is 5.91 Å². The van der Waals surface area contributed by atoms with E-state index in [0.717, 1.165) is 5.56 Å². The van der Waals surface area contributed by atoms with Crippen LogP contribution in [0.25, 0.3) is 0 Å². The van der Waals surface area contributed by atoms with E-state index >= 15 is 0 Å². The average Bonchev–Trinajstić information content (AvgIpc) is 2.64. The molecule has 2 N–H and O–H groups in total. The first-order valence-electron chi connectivity index (χ1n) is 7.89. The maximum atomic E-state index is 11.8. The van der Waals surface area contributed by atoms with Crippen molar-refractivity contribution >= 4 is 11.8 Å². The van der Waals surface area contributed by atoms with Crippen molar-refractivity contribution in [3.05, 3.63) is 71.8 Å². The number of amides is 2. The van der Waals surface area contributed by atoms with Crippen molar-refractivity contribution in [2.24, 2.45) is 0 Å². The number of hydrogen-bond acceptors (Lipinski definition) is 2. The molecule has 4 heteroatoms. The van der Waals surface area contributed by atoms with Gasteiger partial charge in [0.1, 0.15) is 0 Å². The molecule has 4 nitrogen and oxygen atoms in total. The Kier molecular flexibility index (Phi) is 7.10. The predicted molar refractivity (Wildman–Crippen MR) is 94.3 cm³/mol. The molecule has 0 saturated heterocycles. The van der Waals surface area contributed by atoms with E-state index in [4.69, 9.17) is 0 Å². The van der Waals surface area contributed by atoms with Crippen LogP contribution in [-0.4, -0.2) is 24.9 Å². The van der Waals surface area contributed by atoms with E-state index in [-0.39, 0.29) is 11.8 Å². The summed E-state index contributed by atoms with van der Waals surface area (Å²) in [5, 5.41) is 5.54. The Morgan fingerprint density at radius 3 is 2.25 bits per heavy atom. The van der Waals surface area contributed by atoms with Crippen LogP contribution in [0.3, 0.4) is 0 Å². The number of hydrogen-bond donors (Lipinski definition) is 2. The molecule has 24 heavy (non-hydrogen) atoms. The molecule has 0 saturated carbocycles. The van der Waals surface area contributed by atoms with Gasteiger partial charge in [0.25, 0.3) is 5.91 Å². The van der Waals surface area contributed by atoms with E-state index in [1.165, 1.54) is 0 Å². The van der Waals surface area contributed by atoms with Crippen molar-refractivity contribution in [2.45, 2.75) is 12.8 Å². The van der Waals surface area contributed by atoms with Gasteiger partial charge in [-0.05, 0) is 30.7 Å². The van der Waals surface area contributed by atoms with E-state index < -0.39 is 0 Å². The molecule has 0 aromatic heterocycles. The Labute approximate surface area is 142 Å². The Morgan fingerprint density at radius 1 is 0.875 bits per heavy atom. The van der Waals surface area contributed by atoms with Crippen LogP contribution in [0.2, 0.25) is 0 Å². The van der Waals surface area contributed by atoms with E-state index in [1.807, 2.05) is 48.5 Å². The average molecular weight is 320 g/mol. The summed E-state index contributed by atoms with van der Waals surface area (Å²) in [7, 11) is 0. The summed E-state index contributed by atoms with van der Waals surface area (Å²) in [6.07, 6.45) is 0.957. The standard InChI is InChI=1S/C20H20N2O2/c23-19(21-15-7-11-17-9-3-1-4-10-17)14-8-16-22-20(24)18-12-5-2-6-13-18/h1-6,9-10,12-13H,8,14-16H2,(H,21,23)(H,22,24). The number of rotatable bonds is 6. The van der Waals surface area contributed by atoms with Gasteiger partial charge in [-0.2, -0.15) is 0 Å². The highest BCUT2D eigenvalue weighted by Gasteiger charge is 2.04. The van der Waals surface area contributed by atoms with E-state index in [0.29, 0.717) is 31.5 Å². The molecule has 0 unspecified atom stereocenters. The highest BCUT2D eigenvalue weighted by Crippen LogP contribution is 1.98. The van der Waals surface area contributed by atoms with Crippen molar-refractivity contribution in [3.8, 4) is 11.8 Å². The molecule has 0 aliphatic carbocycles. The molecule has 0 aliphatic heterocycles. The molecule has 0 atom stereocenters. The molecule has 2 rings (SSSR count). The van der Waals surface area contributed by atoms with Crippen molar-refractivity contribution < 1.29 is 9.59 Å². The van der Waals surface area contributed by atoms with E-state index in [9.17, 15) is 9.59 Å². The van der Waals surface area contributed by atoms with Crippen LogP contribution in [0.15, 0.2) is 60.7 Å². The maximum absolute atomic E-state index is 11.8. The maximum Gasteiger partial charge on any atom is 0.251 e. The quantitative estimate of drug-likeness (QED) is 0.634. The zero-order valence-electron chi connectivity index (χ0n) is 13.4. The van der Waals surface area contributed by atoms with Crippen LogP contribution in [0.5, 0.6) is 0 Å². The van der Waals surface area contributed by atoms with Gasteiger partial charge >= 0.3 is 0 Å². The summed E-state index contributed by atoms with van der Waals surface area (Å²) in [4.78, 5) is 23.5. The van der Waals surface area contributed by atoms with Crippen LogP contribution >= 0.6 is 0 Å². The van der Waals surface area contributed by atoms with Gasteiger partial charge in [-0.1, -0.05) is 48.2 Å². The van der Waals surface area contributed by atoms with Crippen molar-refractivity contribution in [1.82, 2.24) is 10.6 Å². The van der Waals surface area contributed by atoms with Crippen LogP contribution in [0.4, 0.5) is 0 Å². The molecule has 2 aromatic carbocycles. The third-order valence-corrected chi connectivity index (χ3v) is 3.28. The largest absolute Gasteiger partial charge is 0.352 e. The highest BCUT2D eigenvalue weighted by molar-refractivity contribution is 5.94. The second-order valence-corrected chi connectivity index (χ2v) is 5.17. The lowest BCUT2D eigenvalue weighted by atomic mass is 10.2. The van der Waals surface area contributed by atoms with Crippen molar-refractivity contribution in [2.75, 3.05) is 13.1 Å². The SMILES string of the molecule is O=C(CCCNC(=O)c1ccccc1)NCC#Cc1ccccc1. The number of carbonyl (C=O) groups excluding carboxylic acids is 2. The monoisotopic (exact) mass is 320 g/mol. The van der Waals surface area contributed by atoms with Crippen LogP contribution in [-0.2, 0) is 4.79 Å². The zero-order valence-corrected chi connectivity index (χ0v) is 13.4. The van der Waals surface area contributed by atoms with E-state index in [2.05, 4.69) is 22.5 Å². The molecule has 0 heterocycles. The Morgan fingerprint density at radius 2 is 1.54 bits per heavy atom. The summed E-state index contributed by atoms with van der Waals surface area (Å²) in [6, 6.07) is 18.6. The zero-order chi connectivity index (χ0) is 17.0. The Bertz CT molecular complexity index is 716. The second-order valence-electron chi connectivity index (χ2n) is 5.17. The lowest BCUT2D eigenvalue weighted by Gasteiger charge is -2.05. The molecule has 0 spiro atoms. The van der Waals surface area contributed by atoms with Crippen LogP contribution in [0.1, 0.15) is 28.8 Å². The molecule has 2 aromatic rings. The molecule has 2 amide bonds. The fraction of sp³-hybridized carbons (Fsp3) is 0.200. The summed E-state index contributed by atoms with van der Waals surface area (Å²) in [5.41, 5.74) is 1.55. The minimum atomic E-state index is -0.121. The Balaban J connectivity index is 1.59. The highest BCUT2D eigenvalue weighted by atomic mass is 16.2. The molecular weight excluding hydrogens is 300 g/mol. The van der Waals surface area contributed by atoms with Gasteiger partial charge in [0.05, 0.1) is 6.54 Å². The van der Waals surface area contributed by atoms with Gasteiger partial charge in [-0.25, -0.2) is 0 Å². The lowest BCUT2D eigenvalue weighted by molar-refractivity contribution is -0.120. The van der Waals surface area contributed by atoms with Crippen molar-refractivity contribution in [1.29, 1.82) is 0 Å². The molecule has 0 bridgehead atoms. The van der Waals surface area contributed by atoms with Gasteiger partial charge in [-0.3, -0.25) is 9.59 Å². The molecule has 122 valence electrons. The summed E-state index contributed by atoms with van der Waals surface area (Å²) in [6.45, 7) is 0.793. The fourth-order valence-electron chi connectivity index (χ4n) is 2.04. The normalized spacial score (nSPS) is 9.50. The lowest BCUT2D eigenvalue weighted by Crippen LogP contribution is -2.27. The molecule has 0 aliphatic rings. The smallest absolute Gasteiger partial charge is 0.251 e. The van der Waals surface area contributed by atoms with Gasteiger partial charge < -0.3 is 10.6 Å². The first-order chi connectivity index (χ1) is 11.8. The first-order valence-corrected chi connectivity index (χ1v) is 7.89. The number of carbonyl (C=O) groups is 2. The summed E-state index contributed by atoms with van der Waals surface area (Å²) in [5.74, 6) is 5.71. The predicted octanol–water partition coefficient (Wildman–Crippen LogP) is 2.36. The number of nitrogens with one attached hydrogen (secondary N) is 2. The van der Waals surface area contributed by atoms with Crippen LogP contribution in [0, 0.1) is 11.8 Å². The fourth-order valence-corrected chi connectivity index (χ4v) is 2.04. The third kappa shape index (κ3) is 6.37. The van der Waals surface area contributed by atoms with Crippen LogP contribution < -0.4 is 10.6 Å². The van der Waals surface area contributed by atoms with Gasteiger partial charge in [0.15, 0.2) is 0 Å². The first kappa shape index (κ1) is 17.3. The molecular formula is C20H20N2O2. The summed E-state index contributed by atoms with van der Waals surface area (Å²) < 4.78 is 0. The minimum absolute atomic E-state index is 0.0636. The molecule has 0 radical (unpaired) electrons. The van der Waals surface area contributed by atoms with Gasteiger partial charge in [0, 0.05) is 24.1 Å². The third-order valence-electron chi connectivity index (χ3n) is 3.28. The minimum Gasteiger partial charge on any atom is -0.352 e. The van der Waals surface area contributed by atoms with Crippen molar-refractivity contribution in [3.63, 3.8) is 0 Å². The second kappa shape index (κ2) is 9.86. The topological polar surface area (TPSA) is 58.2 Å². The Hall–Kier alpha value is -3.06. The molecule has 0 fully saturated rings. The number of benzene rings is 2. The van der Waals surface area contributed by atoms with E-state index in [1.54, 1.807) is 12.1 Å². The summed E-state index contributed by atoms with van der Waals surface area (Å²) >= 11 is 0.